The molecule has 1 atom stereocenters. The Morgan fingerprint density at radius 1 is 1.07 bits per heavy atom. The van der Waals surface area contributed by atoms with Crippen molar-refractivity contribution in [1.82, 2.24) is 0 Å². The van der Waals surface area contributed by atoms with Crippen molar-refractivity contribution in [3.63, 3.8) is 0 Å². The van der Waals surface area contributed by atoms with Gasteiger partial charge in [-0.1, -0.05) is 6.92 Å². The Labute approximate surface area is 86.9 Å². The Hall–Kier alpha value is -0.233. The molecule has 0 N–H and O–H groups in total. The third kappa shape index (κ3) is 3.49. The van der Waals surface area contributed by atoms with E-state index >= 15 is 0 Å². The first kappa shape index (κ1) is 13.8. The van der Waals surface area contributed by atoms with Gasteiger partial charge in [-0.3, -0.25) is 0 Å². The minimum Gasteiger partial charge on any atom is -0.373 e. The Morgan fingerprint density at radius 2 is 1.43 bits per heavy atom. The highest BCUT2D eigenvalue weighted by Gasteiger charge is 2.46. The molecule has 14 heavy (non-hydrogen) atoms. The van der Waals surface area contributed by atoms with E-state index in [1.807, 2.05) is 20.8 Å². The fraction of sp³-hybridized carbons (Fsp3) is 0.889. The van der Waals surface area contributed by atoms with Gasteiger partial charge in [0, 0.05) is 19.8 Å². The van der Waals surface area contributed by atoms with Gasteiger partial charge in [-0.15, -0.1) is 0 Å². The van der Waals surface area contributed by atoms with Crippen LogP contribution in [0.2, 0.25) is 5.54 Å². The third-order valence-corrected chi connectivity index (χ3v) is 5.12. The van der Waals surface area contributed by atoms with Gasteiger partial charge in [-0.25, -0.2) is 0 Å². The van der Waals surface area contributed by atoms with Gasteiger partial charge in [0.25, 0.3) is 0 Å². The molecule has 5 heteroatoms. The Balaban J connectivity index is 4.61. The second-order valence-corrected chi connectivity index (χ2v) is 5.81. The predicted molar refractivity (Wildman–Crippen MR) is 56.1 cm³/mol. The van der Waals surface area contributed by atoms with Crippen LogP contribution in [0.3, 0.4) is 0 Å². The first-order valence-electron chi connectivity index (χ1n) is 5.03. The van der Waals surface area contributed by atoms with E-state index in [9.17, 15) is 4.79 Å². The number of rotatable bonds is 8. The van der Waals surface area contributed by atoms with Crippen molar-refractivity contribution >= 4 is 15.1 Å². The molecule has 0 radical (unpaired) electrons. The van der Waals surface area contributed by atoms with E-state index in [4.69, 9.17) is 13.3 Å². The molecule has 0 aromatic rings. The number of carbonyl (C=O) groups excluding carboxylic acids is 1. The molecular formula is C9H20O4Si. The Bertz CT molecular complexity index is 146. The van der Waals surface area contributed by atoms with Crippen molar-refractivity contribution < 1.29 is 18.1 Å². The molecule has 0 saturated carbocycles. The van der Waals surface area contributed by atoms with E-state index in [2.05, 4.69) is 0 Å². The summed E-state index contributed by atoms with van der Waals surface area (Å²) in [5.41, 5.74) is -0.303. The van der Waals surface area contributed by atoms with E-state index in [0.29, 0.717) is 19.8 Å². The summed E-state index contributed by atoms with van der Waals surface area (Å²) < 4.78 is 16.6. The van der Waals surface area contributed by atoms with Crippen LogP contribution >= 0.6 is 0 Å². The Morgan fingerprint density at radius 3 is 1.64 bits per heavy atom. The average molecular weight is 220 g/mol. The predicted octanol–water partition coefficient (Wildman–Crippen LogP) is 1.62. The first-order valence-corrected chi connectivity index (χ1v) is 6.84. The van der Waals surface area contributed by atoms with Crippen LogP contribution < -0.4 is 0 Å². The summed E-state index contributed by atoms with van der Waals surface area (Å²) in [5, 5.41) is 0. The van der Waals surface area contributed by atoms with E-state index in [1.165, 1.54) is 0 Å². The molecule has 0 aromatic heterocycles. The van der Waals surface area contributed by atoms with Crippen molar-refractivity contribution in [3.8, 4) is 0 Å². The van der Waals surface area contributed by atoms with Gasteiger partial charge in [0.05, 0.1) is 5.54 Å². The molecule has 0 amide bonds. The zero-order valence-electron chi connectivity index (χ0n) is 9.41. The maximum Gasteiger partial charge on any atom is 0.511 e. The van der Waals surface area contributed by atoms with Crippen molar-refractivity contribution in [3.05, 3.63) is 0 Å². The average Bonchev–Trinajstić information content (AvgIpc) is 2.17. The van der Waals surface area contributed by atoms with Crippen LogP contribution in [0.15, 0.2) is 0 Å². The smallest absolute Gasteiger partial charge is 0.373 e. The lowest BCUT2D eigenvalue weighted by Gasteiger charge is -2.30. The van der Waals surface area contributed by atoms with Gasteiger partial charge in [0.15, 0.2) is 0 Å². The first-order chi connectivity index (χ1) is 6.66. The summed E-state index contributed by atoms with van der Waals surface area (Å²) in [5.74, 6) is 0. The van der Waals surface area contributed by atoms with Crippen LogP contribution in [0.4, 0.5) is 0 Å². The lowest BCUT2D eigenvalue weighted by molar-refractivity contribution is -0.108. The quantitative estimate of drug-likeness (QED) is 0.460. The zero-order valence-corrected chi connectivity index (χ0v) is 10.4. The largest absolute Gasteiger partial charge is 0.511 e. The van der Waals surface area contributed by atoms with Crippen LogP contribution in [0.5, 0.6) is 0 Å². The molecule has 0 aliphatic heterocycles. The highest BCUT2D eigenvalue weighted by molar-refractivity contribution is 6.65. The molecule has 0 aromatic carbocycles. The van der Waals surface area contributed by atoms with Crippen LogP contribution in [0, 0.1) is 0 Å². The number of hydrogen-bond acceptors (Lipinski definition) is 4. The normalized spacial score (nSPS) is 14.0. The summed E-state index contributed by atoms with van der Waals surface area (Å²) in [6.07, 6.45) is 0.840. The van der Waals surface area contributed by atoms with E-state index in [-0.39, 0.29) is 5.54 Å². The SMILES string of the molecule is CCO[Si](OCC)(OCC)C(C)C=O. The van der Waals surface area contributed by atoms with Gasteiger partial charge in [-0.05, 0) is 20.8 Å². The fourth-order valence-electron chi connectivity index (χ4n) is 1.21. The molecule has 84 valence electrons. The zero-order chi connectivity index (χ0) is 11.0. The molecule has 0 fully saturated rings. The fourth-order valence-corrected chi connectivity index (χ4v) is 3.62. The van der Waals surface area contributed by atoms with Crippen LogP contribution in [0.25, 0.3) is 0 Å². The monoisotopic (exact) mass is 220 g/mol. The van der Waals surface area contributed by atoms with E-state index in [0.717, 1.165) is 6.29 Å². The summed E-state index contributed by atoms with van der Waals surface area (Å²) in [6, 6.07) is 0. The van der Waals surface area contributed by atoms with E-state index < -0.39 is 8.80 Å². The standard InChI is InChI=1S/C9H20O4Si/c1-5-11-14(12-6-2,13-7-3)9(4)8-10/h8-9H,5-7H2,1-4H3. The highest BCUT2D eigenvalue weighted by atomic mass is 28.4. The minimum absolute atomic E-state index is 0.303. The van der Waals surface area contributed by atoms with Crippen LogP contribution in [-0.4, -0.2) is 34.9 Å². The summed E-state index contributed by atoms with van der Waals surface area (Å²) >= 11 is 0. The van der Waals surface area contributed by atoms with E-state index in [1.54, 1.807) is 6.92 Å². The molecule has 0 spiro atoms. The van der Waals surface area contributed by atoms with Crippen molar-refractivity contribution in [2.24, 2.45) is 0 Å². The second kappa shape index (κ2) is 7.11. The maximum absolute atomic E-state index is 10.8. The van der Waals surface area contributed by atoms with Crippen molar-refractivity contribution in [2.75, 3.05) is 19.8 Å². The van der Waals surface area contributed by atoms with Crippen LogP contribution in [-0.2, 0) is 18.1 Å². The maximum atomic E-state index is 10.8. The summed E-state index contributed by atoms with van der Waals surface area (Å²) in [6.45, 7) is 8.91. The molecular weight excluding hydrogens is 200 g/mol. The van der Waals surface area contributed by atoms with Gasteiger partial charge < -0.3 is 18.1 Å². The van der Waals surface area contributed by atoms with Crippen molar-refractivity contribution in [2.45, 2.75) is 33.2 Å². The van der Waals surface area contributed by atoms with Crippen molar-refractivity contribution in [1.29, 1.82) is 0 Å². The molecule has 1 unspecified atom stereocenters. The Kier molecular flexibility index (Phi) is 6.99. The third-order valence-electron chi connectivity index (χ3n) is 1.80. The summed E-state index contributed by atoms with van der Waals surface area (Å²) in [7, 11) is -2.77. The summed E-state index contributed by atoms with van der Waals surface area (Å²) in [4.78, 5) is 10.8. The molecule has 0 saturated heterocycles. The van der Waals surface area contributed by atoms with Gasteiger partial charge >= 0.3 is 8.80 Å². The number of aldehydes is 1. The lowest BCUT2D eigenvalue weighted by atomic mass is 10.5. The molecule has 4 nitrogen and oxygen atoms in total. The molecule has 0 bridgehead atoms. The molecule has 0 aliphatic carbocycles. The lowest BCUT2D eigenvalue weighted by Crippen LogP contribution is -2.50. The molecule has 0 heterocycles. The molecule has 0 aliphatic rings. The number of hydrogen-bond donors (Lipinski definition) is 0. The second-order valence-electron chi connectivity index (χ2n) is 2.83. The van der Waals surface area contributed by atoms with Crippen LogP contribution in [0.1, 0.15) is 27.7 Å². The molecule has 0 rings (SSSR count). The topological polar surface area (TPSA) is 44.8 Å². The number of carbonyl (C=O) groups is 1. The van der Waals surface area contributed by atoms with Gasteiger partial charge in [0.1, 0.15) is 6.29 Å². The van der Waals surface area contributed by atoms with Gasteiger partial charge in [-0.2, -0.15) is 0 Å². The minimum atomic E-state index is -2.77. The van der Waals surface area contributed by atoms with Gasteiger partial charge in [0.2, 0.25) is 0 Å². The highest BCUT2D eigenvalue weighted by Crippen LogP contribution is 2.23.